The minimum absolute atomic E-state index is 0.0363. The minimum atomic E-state index is -0.250. The molecule has 0 radical (unpaired) electrons. The van der Waals surface area contributed by atoms with Crippen LogP contribution in [0.4, 0.5) is 0 Å². The van der Waals surface area contributed by atoms with Crippen LogP contribution < -0.4 is 10.6 Å². The van der Waals surface area contributed by atoms with Gasteiger partial charge in [-0.25, -0.2) is 0 Å². The fraction of sp³-hybridized carbons (Fsp3) is 0.522. The molecule has 1 fully saturated rings. The minimum Gasteiger partial charge on any atom is -0.483 e. The van der Waals surface area contributed by atoms with Crippen molar-refractivity contribution in [1.29, 1.82) is 0 Å². The molecule has 7 nitrogen and oxygen atoms in total. The second-order valence-corrected chi connectivity index (χ2v) is 7.60. The molecule has 2 aliphatic rings. The predicted octanol–water partition coefficient (Wildman–Crippen LogP) is 2.50. The Bertz CT molecular complexity index is 685. The van der Waals surface area contributed by atoms with Crippen molar-refractivity contribution >= 4 is 18.3 Å². The maximum atomic E-state index is 12.8. The predicted molar refractivity (Wildman–Crippen MR) is 116 cm³/mol. The lowest BCUT2D eigenvalue weighted by atomic mass is 10.0. The van der Waals surface area contributed by atoms with Crippen LogP contribution in [0.3, 0.4) is 0 Å². The van der Waals surface area contributed by atoms with Crippen molar-refractivity contribution in [2.24, 2.45) is 5.92 Å². The highest BCUT2D eigenvalue weighted by Crippen LogP contribution is 2.21. The molecule has 1 heterocycles. The topological polar surface area (TPSA) is 98.7 Å². The Balaban J connectivity index is 0.00000101. The molecule has 30 heavy (non-hydrogen) atoms. The zero-order chi connectivity index (χ0) is 21.6. The van der Waals surface area contributed by atoms with Crippen LogP contribution in [0.15, 0.2) is 42.5 Å². The van der Waals surface area contributed by atoms with E-state index in [1.165, 1.54) is 0 Å². The second kappa shape index (κ2) is 13.5. The molecule has 0 spiro atoms. The lowest BCUT2D eigenvalue weighted by molar-refractivity contribution is -0.135. The monoisotopic (exact) mass is 415 g/mol. The van der Waals surface area contributed by atoms with Crippen LogP contribution in [-0.4, -0.2) is 54.5 Å². The van der Waals surface area contributed by atoms with Crippen LogP contribution in [0.5, 0.6) is 0 Å². The highest BCUT2D eigenvalue weighted by molar-refractivity contribution is 5.79. The Morgan fingerprint density at radius 2 is 1.70 bits per heavy atom. The number of amides is 2. The van der Waals surface area contributed by atoms with Gasteiger partial charge in [0.15, 0.2) is 0 Å². The van der Waals surface area contributed by atoms with Crippen molar-refractivity contribution in [3.63, 3.8) is 0 Å². The van der Waals surface area contributed by atoms with Gasteiger partial charge >= 0.3 is 0 Å². The molecule has 1 aromatic carbocycles. The number of allylic oxidation sites excluding steroid dienone is 2. The molecule has 7 heteroatoms. The number of nitrogens with one attached hydrogen (secondary N) is 2. The zero-order valence-corrected chi connectivity index (χ0v) is 17.5. The molecule has 0 saturated carbocycles. The van der Waals surface area contributed by atoms with E-state index in [9.17, 15) is 9.59 Å². The van der Waals surface area contributed by atoms with Gasteiger partial charge in [-0.1, -0.05) is 42.5 Å². The van der Waals surface area contributed by atoms with Gasteiger partial charge in [-0.05, 0) is 44.2 Å². The first-order valence-electron chi connectivity index (χ1n) is 10.7. The van der Waals surface area contributed by atoms with E-state index in [4.69, 9.17) is 9.90 Å². The maximum Gasteiger partial charge on any atom is 0.290 e. The normalized spacial score (nSPS) is 21.3. The average Bonchev–Trinajstić information content (AvgIpc) is 3.29. The van der Waals surface area contributed by atoms with E-state index < -0.39 is 0 Å². The van der Waals surface area contributed by atoms with Gasteiger partial charge in [-0.2, -0.15) is 0 Å². The number of hydrogen-bond acceptors (Lipinski definition) is 4. The summed E-state index contributed by atoms with van der Waals surface area (Å²) in [5.41, 5.74) is 1.15. The maximum absolute atomic E-state index is 12.8. The second-order valence-electron chi connectivity index (χ2n) is 7.60. The van der Waals surface area contributed by atoms with Crippen LogP contribution in [0.2, 0.25) is 0 Å². The number of rotatable bonds is 2. The average molecular weight is 416 g/mol. The SMILES string of the molecule is O=C1CC(c2ccccc2)NCCCCN(C(=O)C2CC=CC2)CCCN1.O=CO. The number of carbonyl (C=O) groups is 3. The third-order valence-corrected chi connectivity index (χ3v) is 5.43. The van der Waals surface area contributed by atoms with Crippen LogP contribution in [-0.2, 0) is 14.4 Å². The van der Waals surface area contributed by atoms with E-state index in [1.54, 1.807) is 0 Å². The Morgan fingerprint density at radius 1 is 1.03 bits per heavy atom. The van der Waals surface area contributed by atoms with Gasteiger partial charge in [0.2, 0.25) is 11.8 Å². The summed E-state index contributed by atoms with van der Waals surface area (Å²) in [5.74, 6) is 0.459. The molecule has 1 aliphatic carbocycles. The summed E-state index contributed by atoms with van der Waals surface area (Å²) < 4.78 is 0. The highest BCUT2D eigenvalue weighted by atomic mass is 16.3. The molecule has 3 N–H and O–H groups in total. The van der Waals surface area contributed by atoms with E-state index in [0.29, 0.717) is 13.0 Å². The van der Waals surface area contributed by atoms with Crippen molar-refractivity contribution < 1.29 is 19.5 Å². The van der Waals surface area contributed by atoms with E-state index in [0.717, 1.165) is 57.3 Å². The van der Waals surface area contributed by atoms with Gasteiger partial charge < -0.3 is 20.6 Å². The van der Waals surface area contributed by atoms with E-state index in [-0.39, 0.29) is 30.2 Å². The number of carbonyl (C=O) groups excluding carboxylic acids is 2. The van der Waals surface area contributed by atoms with E-state index in [2.05, 4.69) is 34.9 Å². The molecule has 2 amide bonds. The van der Waals surface area contributed by atoms with Gasteiger partial charge in [0.25, 0.3) is 6.47 Å². The molecule has 1 atom stereocenters. The van der Waals surface area contributed by atoms with Gasteiger partial charge in [0.1, 0.15) is 0 Å². The summed E-state index contributed by atoms with van der Waals surface area (Å²) >= 11 is 0. The molecule has 1 saturated heterocycles. The first-order valence-corrected chi connectivity index (χ1v) is 10.7. The smallest absolute Gasteiger partial charge is 0.290 e. The quantitative estimate of drug-likeness (QED) is 0.509. The van der Waals surface area contributed by atoms with Gasteiger partial charge in [0.05, 0.1) is 0 Å². The third kappa shape index (κ3) is 7.99. The van der Waals surface area contributed by atoms with Crippen molar-refractivity contribution in [3.8, 4) is 0 Å². The van der Waals surface area contributed by atoms with Crippen LogP contribution >= 0.6 is 0 Å². The van der Waals surface area contributed by atoms with Crippen LogP contribution in [0, 0.1) is 5.92 Å². The Kier molecular flexibility index (Phi) is 10.7. The largest absolute Gasteiger partial charge is 0.483 e. The number of benzene rings is 1. The number of hydrogen-bond donors (Lipinski definition) is 3. The van der Waals surface area contributed by atoms with Crippen molar-refractivity contribution in [2.45, 2.75) is 44.6 Å². The molecule has 1 aromatic rings. The number of nitrogens with zero attached hydrogens (tertiary/aromatic N) is 1. The molecule has 3 rings (SSSR count). The third-order valence-electron chi connectivity index (χ3n) is 5.43. The first kappa shape index (κ1) is 23.6. The van der Waals surface area contributed by atoms with Gasteiger partial charge in [-0.3, -0.25) is 14.4 Å². The molecular formula is C23H33N3O4. The first-order chi connectivity index (χ1) is 14.7. The van der Waals surface area contributed by atoms with Crippen LogP contribution in [0.25, 0.3) is 0 Å². The highest BCUT2D eigenvalue weighted by Gasteiger charge is 2.24. The molecule has 0 aromatic heterocycles. The van der Waals surface area contributed by atoms with Crippen molar-refractivity contribution in [1.82, 2.24) is 15.5 Å². The Morgan fingerprint density at radius 3 is 2.40 bits per heavy atom. The van der Waals surface area contributed by atoms with Crippen molar-refractivity contribution in [2.75, 3.05) is 26.2 Å². The fourth-order valence-electron chi connectivity index (χ4n) is 3.86. The summed E-state index contributed by atoms with van der Waals surface area (Å²) in [4.78, 5) is 35.5. The zero-order valence-electron chi connectivity index (χ0n) is 17.5. The van der Waals surface area contributed by atoms with Gasteiger partial charge in [-0.15, -0.1) is 0 Å². The molecule has 0 bridgehead atoms. The fourth-order valence-corrected chi connectivity index (χ4v) is 3.86. The Labute approximate surface area is 178 Å². The van der Waals surface area contributed by atoms with E-state index in [1.807, 2.05) is 23.1 Å². The van der Waals surface area contributed by atoms with Gasteiger partial charge in [0, 0.05) is 38.0 Å². The summed E-state index contributed by atoms with van der Waals surface area (Å²) in [6, 6.07) is 10.2. The molecule has 1 aliphatic heterocycles. The summed E-state index contributed by atoms with van der Waals surface area (Å²) in [5, 5.41) is 13.4. The van der Waals surface area contributed by atoms with Crippen LogP contribution in [0.1, 0.15) is 50.1 Å². The molecular weight excluding hydrogens is 382 g/mol. The van der Waals surface area contributed by atoms with Crippen molar-refractivity contribution in [3.05, 3.63) is 48.0 Å². The molecule has 1 unspecified atom stereocenters. The molecule has 164 valence electrons. The lowest BCUT2D eigenvalue weighted by Crippen LogP contribution is -2.38. The summed E-state index contributed by atoms with van der Waals surface area (Å²) in [7, 11) is 0. The lowest BCUT2D eigenvalue weighted by Gasteiger charge is -2.26. The summed E-state index contributed by atoms with van der Waals surface area (Å²) in [6.07, 6.45) is 9.19. The number of carboxylic acid groups (broad SMARTS) is 1. The van der Waals surface area contributed by atoms with E-state index >= 15 is 0 Å². The summed E-state index contributed by atoms with van der Waals surface area (Å²) in [6.45, 7) is 2.75. The standard InChI is InChI=1S/C22H31N3O2.CH2O2/c26-21-17-20(18-9-2-1-3-10-18)23-13-6-7-15-25(16-8-14-24-21)22(27)19-11-4-5-12-19;2-1-3/h1-5,9-10,19-20,23H,6-8,11-17H2,(H,24,26);1H,(H,2,3). The Hall–Kier alpha value is -2.67.